The van der Waals surface area contributed by atoms with Crippen LogP contribution in [-0.4, -0.2) is 29.3 Å². The average molecular weight is 421 g/mol. The average Bonchev–Trinajstić information content (AvgIpc) is 2.72. The van der Waals surface area contributed by atoms with Gasteiger partial charge in [-0.25, -0.2) is 0 Å². The van der Waals surface area contributed by atoms with Crippen molar-refractivity contribution in [3.05, 3.63) is 65.2 Å². The van der Waals surface area contributed by atoms with E-state index < -0.39 is 0 Å². The van der Waals surface area contributed by atoms with E-state index >= 15 is 0 Å². The summed E-state index contributed by atoms with van der Waals surface area (Å²) in [7, 11) is 0. The third-order valence-electron chi connectivity index (χ3n) is 6.34. The van der Waals surface area contributed by atoms with Crippen LogP contribution < -0.4 is 5.32 Å². The molecule has 0 radical (unpaired) electrons. The number of carbonyl (C=O) groups excluding carboxylic acids is 2. The molecule has 1 saturated heterocycles. The molecule has 1 unspecified atom stereocenters. The molecule has 1 fully saturated rings. The van der Waals surface area contributed by atoms with E-state index in [1.165, 1.54) is 5.56 Å². The first-order valence-electron chi connectivity index (χ1n) is 11.4. The van der Waals surface area contributed by atoms with Crippen LogP contribution in [0.3, 0.4) is 0 Å². The fourth-order valence-corrected chi connectivity index (χ4v) is 4.63. The van der Waals surface area contributed by atoms with Crippen LogP contribution in [0.5, 0.6) is 0 Å². The minimum absolute atomic E-state index is 0.00652. The lowest BCUT2D eigenvalue weighted by atomic mass is 9.81. The molecule has 0 bridgehead atoms. The number of rotatable bonds is 4. The van der Waals surface area contributed by atoms with Gasteiger partial charge in [-0.3, -0.25) is 9.59 Å². The highest BCUT2D eigenvalue weighted by Gasteiger charge is 2.40. The van der Waals surface area contributed by atoms with Crippen LogP contribution in [0.25, 0.3) is 0 Å². The maximum atomic E-state index is 13.4. The Morgan fingerprint density at radius 2 is 1.77 bits per heavy atom. The first kappa shape index (κ1) is 23.1. The van der Waals surface area contributed by atoms with Gasteiger partial charge in [-0.05, 0) is 60.4 Å². The van der Waals surface area contributed by atoms with Crippen LogP contribution in [0, 0.1) is 18.8 Å². The van der Waals surface area contributed by atoms with Crippen molar-refractivity contribution >= 4 is 17.5 Å². The molecule has 1 aliphatic rings. The Balaban J connectivity index is 1.84. The van der Waals surface area contributed by atoms with Crippen LogP contribution in [0.4, 0.5) is 5.69 Å². The number of anilines is 1. The number of amides is 2. The van der Waals surface area contributed by atoms with E-state index in [1.54, 1.807) is 0 Å². The summed E-state index contributed by atoms with van der Waals surface area (Å²) < 4.78 is 0. The largest absolute Gasteiger partial charge is 0.335 e. The zero-order chi connectivity index (χ0) is 22.8. The minimum atomic E-state index is -0.222. The van der Waals surface area contributed by atoms with Gasteiger partial charge >= 0.3 is 0 Å². The molecule has 0 saturated carbocycles. The molecule has 2 aromatic carbocycles. The van der Waals surface area contributed by atoms with Crippen molar-refractivity contribution in [3.63, 3.8) is 0 Å². The van der Waals surface area contributed by atoms with Gasteiger partial charge < -0.3 is 10.2 Å². The predicted octanol–water partition coefficient (Wildman–Crippen LogP) is 5.81. The number of likely N-dealkylation sites (tertiary alicyclic amines) is 1. The molecule has 1 heterocycles. The smallest absolute Gasteiger partial charge is 0.254 e. The van der Waals surface area contributed by atoms with Crippen molar-refractivity contribution in [2.45, 2.75) is 65.8 Å². The maximum absolute atomic E-state index is 13.4. The molecular formula is C27H36N2O2. The van der Waals surface area contributed by atoms with Crippen LogP contribution in [0.1, 0.15) is 68.9 Å². The molecule has 1 aliphatic heterocycles. The zero-order valence-corrected chi connectivity index (χ0v) is 19.7. The standard InChI is InChI=1S/C27H36N2O2/c1-18(2)24-23(25(30)28-21-13-9-12-20(17-21)27(4,5)6)15-10-16-29(24)26(31)22-14-8-7-11-19(22)3/h7-9,11-14,17-18,23-24H,10,15-16H2,1-6H3,(H,28,30)/t23-,24?/m0/s1. The van der Waals surface area contributed by atoms with Gasteiger partial charge in [-0.1, -0.05) is 65.0 Å². The first-order chi connectivity index (χ1) is 14.6. The minimum Gasteiger partial charge on any atom is -0.335 e. The number of hydrogen-bond acceptors (Lipinski definition) is 2. The van der Waals surface area contributed by atoms with Crippen LogP contribution in [-0.2, 0) is 10.2 Å². The number of piperidine rings is 1. The lowest BCUT2D eigenvalue weighted by molar-refractivity contribution is -0.123. The number of hydrogen-bond donors (Lipinski definition) is 1. The zero-order valence-electron chi connectivity index (χ0n) is 19.7. The number of aryl methyl sites for hydroxylation is 1. The molecular weight excluding hydrogens is 384 g/mol. The Morgan fingerprint density at radius 1 is 1.06 bits per heavy atom. The van der Waals surface area contributed by atoms with Gasteiger partial charge in [0.25, 0.3) is 5.91 Å². The highest BCUT2D eigenvalue weighted by Crippen LogP contribution is 2.32. The van der Waals surface area contributed by atoms with Gasteiger partial charge in [-0.2, -0.15) is 0 Å². The fraction of sp³-hybridized carbons (Fsp3) is 0.481. The number of carbonyl (C=O) groups is 2. The summed E-state index contributed by atoms with van der Waals surface area (Å²) in [6.07, 6.45) is 1.63. The van der Waals surface area contributed by atoms with Gasteiger partial charge in [0.2, 0.25) is 5.91 Å². The monoisotopic (exact) mass is 420 g/mol. The Bertz CT molecular complexity index is 942. The van der Waals surface area contributed by atoms with Gasteiger partial charge in [0.15, 0.2) is 0 Å². The highest BCUT2D eigenvalue weighted by atomic mass is 16.2. The number of nitrogens with zero attached hydrogens (tertiary/aromatic N) is 1. The molecule has 2 aromatic rings. The van der Waals surface area contributed by atoms with E-state index in [1.807, 2.05) is 48.2 Å². The number of nitrogens with one attached hydrogen (secondary N) is 1. The second kappa shape index (κ2) is 9.25. The second-order valence-corrected chi connectivity index (χ2v) is 10.1. The summed E-state index contributed by atoms with van der Waals surface area (Å²) in [6, 6.07) is 15.7. The quantitative estimate of drug-likeness (QED) is 0.679. The summed E-state index contributed by atoms with van der Waals surface area (Å²) in [5.74, 6) is 0.000937. The van der Waals surface area contributed by atoms with Crippen molar-refractivity contribution in [2.24, 2.45) is 11.8 Å². The topological polar surface area (TPSA) is 49.4 Å². The fourth-order valence-electron chi connectivity index (χ4n) is 4.63. The molecule has 4 nitrogen and oxygen atoms in total. The van der Waals surface area contributed by atoms with E-state index in [9.17, 15) is 9.59 Å². The Kier molecular flexibility index (Phi) is 6.88. The van der Waals surface area contributed by atoms with Gasteiger partial charge in [0.1, 0.15) is 0 Å². The molecule has 31 heavy (non-hydrogen) atoms. The predicted molar refractivity (Wildman–Crippen MR) is 127 cm³/mol. The molecule has 4 heteroatoms. The molecule has 2 atom stereocenters. The third kappa shape index (κ3) is 5.17. The van der Waals surface area contributed by atoms with Crippen molar-refractivity contribution in [2.75, 3.05) is 11.9 Å². The maximum Gasteiger partial charge on any atom is 0.254 e. The number of benzene rings is 2. The lowest BCUT2D eigenvalue weighted by Gasteiger charge is -2.43. The summed E-state index contributed by atoms with van der Waals surface area (Å²) in [5.41, 5.74) is 3.73. The molecule has 2 amide bonds. The van der Waals surface area contributed by atoms with Crippen molar-refractivity contribution in [3.8, 4) is 0 Å². The summed E-state index contributed by atoms with van der Waals surface area (Å²) in [4.78, 5) is 28.7. The Hall–Kier alpha value is -2.62. The van der Waals surface area contributed by atoms with E-state index in [4.69, 9.17) is 0 Å². The molecule has 0 aliphatic carbocycles. The highest BCUT2D eigenvalue weighted by molar-refractivity contribution is 5.97. The van der Waals surface area contributed by atoms with Crippen LogP contribution in [0.15, 0.2) is 48.5 Å². The van der Waals surface area contributed by atoms with Gasteiger partial charge in [-0.15, -0.1) is 0 Å². The summed E-state index contributed by atoms with van der Waals surface area (Å²) in [6.45, 7) is 13.4. The van der Waals surface area contributed by atoms with Crippen LogP contribution in [0.2, 0.25) is 0 Å². The van der Waals surface area contributed by atoms with Crippen molar-refractivity contribution < 1.29 is 9.59 Å². The van der Waals surface area contributed by atoms with Crippen molar-refractivity contribution in [1.29, 1.82) is 0 Å². The third-order valence-corrected chi connectivity index (χ3v) is 6.34. The second-order valence-electron chi connectivity index (χ2n) is 10.1. The summed E-state index contributed by atoms with van der Waals surface area (Å²) >= 11 is 0. The SMILES string of the molecule is Cc1ccccc1C(=O)N1CCC[C@H](C(=O)Nc2cccc(C(C)(C)C)c2)C1C(C)C. The Labute approximate surface area is 187 Å². The molecule has 0 spiro atoms. The summed E-state index contributed by atoms with van der Waals surface area (Å²) in [5, 5.41) is 3.14. The normalized spacial score (nSPS) is 19.4. The van der Waals surface area contributed by atoms with E-state index in [0.29, 0.717) is 6.54 Å². The first-order valence-corrected chi connectivity index (χ1v) is 11.4. The van der Waals surface area contributed by atoms with Gasteiger partial charge in [0.05, 0.1) is 5.92 Å². The molecule has 166 valence electrons. The van der Waals surface area contributed by atoms with Crippen molar-refractivity contribution in [1.82, 2.24) is 4.90 Å². The Morgan fingerprint density at radius 3 is 2.42 bits per heavy atom. The molecule has 0 aromatic heterocycles. The van der Waals surface area contributed by atoms with E-state index in [0.717, 1.165) is 29.7 Å². The van der Waals surface area contributed by atoms with E-state index in [2.05, 4.69) is 52.1 Å². The van der Waals surface area contributed by atoms with Crippen LogP contribution >= 0.6 is 0 Å². The molecule has 3 rings (SSSR count). The van der Waals surface area contributed by atoms with Gasteiger partial charge in [0, 0.05) is 23.8 Å². The molecule has 1 N–H and O–H groups in total. The van der Waals surface area contributed by atoms with E-state index in [-0.39, 0.29) is 35.1 Å². The lowest BCUT2D eigenvalue weighted by Crippen LogP contribution is -2.54.